The Labute approximate surface area is 122 Å². The van der Waals surface area contributed by atoms with E-state index >= 15 is 0 Å². The zero-order valence-corrected chi connectivity index (χ0v) is 12.5. The van der Waals surface area contributed by atoms with Gasteiger partial charge in [-0.1, -0.05) is 29.5 Å². The molecule has 0 saturated carbocycles. The molecule has 0 aliphatic rings. The lowest BCUT2D eigenvalue weighted by molar-refractivity contribution is -0.133. The summed E-state index contributed by atoms with van der Waals surface area (Å²) in [6.07, 6.45) is 0. The standard InChI is InChI=1S/C15H16N2O2S/c1-9-4-5-10(2)12(6-9)13-7-11(3)16-15(17-13)20-8-14(18)19/h4-7H,8H2,1-3H3,(H,18,19). The average molecular weight is 288 g/mol. The Morgan fingerprint density at radius 1 is 1.20 bits per heavy atom. The van der Waals surface area contributed by atoms with Crippen LogP contribution in [0, 0.1) is 20.8 Å². The van der Waals surface area contributed by atoms with Gasteiger partial charge in [-0.15, -0.1) is 0 Å². The second-order valence-corrected chi connectivity index (χ2v) is 5.62. The highest BCUT2D eigenvalue weighted by Crippen LogP contribution is 2.25. The van der Waals surface area contributed by atoms with Crippen molar-refractivity contribution in [1.29, 1.82) is 0 Å². The van der Waals surface area contributed by atoms with E-state index in [2.05, 4.69) is 28.2 Å². The van der Waals surface area contributed by atoms with Gasteiger partial charge in [0.2, 0.25) is 0 Å². The van der Waals surface area contributed by atoms with Crippen LogP contribution in [0.2, 0.25) is 0 Å². The molecule has 0 radical (unpaired) electrons. The van der Waals surface area contributed by atoms with E-state index in [1.165, 1.54) is 5.56 Å². The lowest BCUT2D eigenvalue weighted by Gasteiger charge is -2.09. The molecule has 104 valence electrons. The summed E-state index contributed by atoms with van der Waals surface area (Å²) in [5, 5.41) is 9.24. The Kier molecular flexibility index (Phi) is 4.39. The molecular weight excluding hydrogens is 272 g/mol. The smallest absolute Gasteiger partial charge is 0.313 e. The van der Waals surface area contributed by atoms with Crippen LogP contribution in [0.25, 0.3) is 11.3 Å². The molecule has 1 aromatic carbocycles. The molecule has 0 saturated heterocycles. The van der Waals surface area contributed by atoms with E-state index in [0.717, 1.165) is 34.3 Å². The van der Waals surface area contributed by atoms with Gasteiger partial charge in [-0.3, -0.25) is 4.79 Å². The number of aromatic nitrogens is 2. The number of aliphatic carboxylic acids is 1. The first-order valence-corrected chi connectivity index (χ1v) is 7.22. The molecule has 0 fully saturated rings. The highest BCUT2D eigenvalue weighted by atomic mass is 32.2. The van der Waals surface area contributed by atoms with Crippen molar-refractivity contribution in [1.82, 2.24) is 9.97 Å². The summed E-state index contributed by atoms with van der Waals surface area (Å²) in [7, 11) is 0. The van der Waals surface area contributed by atoms with Gasteiger partial charge < -0.3 is 5.11 Å². The molecule has 0 spiro atoms. The van der Waals surface area contributed by atoms with Gasteiger partial charge in [0, 0.05) is 11.3 Å². The quantitative estimate of drug-likeness (QED) is 0.691. The number of carbonyl (C=O) groups is 1. The second-order valence-electron chi connectivity index (χ2n) is 4.68. The number of thioether (sulfide) groups is 1. The number of nitrogens with zero attached hydrogens (tertiary/aromatic N) is 2. The third kappa shape index (κ3) is 3.57. The van der Waals surface area contributed by atoms with Crippen LogP contribution in [0.1, 0.15) is 16.8 Å². The van der Waals surface area contributed by atoms with Gasteiger partial charge in [0.15, 0.2) is 5.16 Å². The summed E-state index contributed by atoms with van der Waals surface area (Å²) in [5.41, 5.74) is 5.05. The van der Waals surface area contributed by atoms with Gasteiger partial charge in [0.1, 0.15) is 0 Å². The zero-order valence-electron chi connectivity index (χ0n) is 11.7. The van der Waals surface area contributed by atoms with Crippen LogP contribution >= 0.6 is 11.8 Å². The van der Waals surface area contributed by atoms with E-state index in [1.807, 2.05) is 26.8 Å². The van der Waals surface area contributed by atoms with Crippen molar-refractivity contribution in [3.05, 3.63) is 41.1 Å². The lowest BCUT2D eigenvalue weighted by Crippen LogP contribution is -2.01. The van der Waals surface area contributed by atoms with Crippen molar-refractivity contribution in [3.8, 4) is 11.3 Å². The summed E-state index contributed by atoms with van der Waals surface area (Å²) in [4.78, 5) is 19.4. The minimum atomic E-state index is -0.867. The van der Waals surface area contributed by atoms with Crippen molar-refractivity contribution in [2.45, 2.75) is 25.9 Å². The number of hydrogen-bond acceptors (Lipinski definition) is 4. The van der Waals surface area contributed by atoms with Crippen molar-refractivity contribution in [2.24, 2.45) is 0 Å². The van der Waals surface area contributed by atoms with Gasteiger partial charge in [-0.25, -0.2) is 9.97 Å². The first kappa shape index (κ1) is 14.5. The Bertz CT molecular complexity index is 656. The molecule has 1 N–H and O–H groups in total. The van der Waals surface area contributed by atoms with Crippen LogP contribution in [0.4, 0.5) is 0 Å². The molecule has 0 aliphatic carbocycles. The average Bonchev–Trinajstić information content (AvgIpc) is 2.38. The van der Waals surface area contributed by atoms with Crippen LogP contribution in [0.3, 0.4) is 0 Å². The molecular formula is C15H16N2O2S. The fraction of sp³-hybridized carbons (Fsp3) is 0.267. The Morgan fingerprint density at radius 2 is 1.95 bits per heavy atom. The minimum absolute atomic E-state index is 0.0321. The van der Waals surface area contributed by atoms with Gasteiger partial charge in [0.25, 0.3) is 0 Å². The molecule has 2 rings (SSSR count). The van der Waals surface area contributed by atoms with Gasteiger partial charge in [-0.05, 0) is 38.5 Å². The maximum atomic E-state index is 10.6. The van der Waals surface area contributed by atoms with Gasteiger partial charge >= 0.3 is 5.97 Å². The molecule has 2 aromatic rings. The SMILES string of the molecule is Cc1ccc(C)c(-c2cc(C)nc(SCC(=O)O)n2)c1. The highest BCUT2D eigenvalue weighted by Gasteiger charge is 2.09. The third-order valence-electron chi connectivity index (χ3n) is 2.83. The molecule has 0 atom stereocenters. The summed E-state index contributed by atoms with van der Waals surface area (Å²) < 4.78 is 0. The molecule has 20 heavy (non-hydrogen) atoms. The first-order chi connectivity index (χ1) is 9.45. The Morgan fingerprint density at radius 3 is 2.65 bits per heavy atom. The Hall–Kier alpha value is -1.88. The highest BCUT2D eigenvalue weighted by molar-refractivity contribution is 7.99. The number of benzene rings is 1. The topological polar surface area (TPSA) is 63.1 Å². The molecule has 0 bridgehead atoms. The van der Waals surface area contributed by atoms with E-state index in [-0.39, 0.29) is 5.75 Å². The predicted octanol–water partition coefficient (Wildman–Crippen LogP) is 3.25. The van der Waals surface area contributed by atoms with Crippen LogP contribution in [0.15, 0.2) is 29.4 Å². The van der Waals surface area contributed by atoms with E-state index in [4.69, 9.17) is 5.11 Å². The summed E-state index contributed by atoms with van der Waals surface area (Å²) >= 11 is 1.14. The zero-order chi connectivity index (χ0) is 14.7. The fourth-order valence-corrected chi connectivity index (χ4v) is 2.51. The predicted molar refractivity (Wildman–Crippen MR) is 80.0 cm³/mol. The summed E-state index contributed by atoms with van der Waals surface area (Å²) in [6, 6.07) is 8.13. The number of rotatable bonds is 4. The molecule has 4 nitrogen and oxygen atoms in total. The van der Waals surface area contributed by atoms with E-state index in [0.29, 0.717) is 5.16 Å². The molecule has 1 heterocycles. The fourth-order valence-electron chi connectivity index (χ4n) is 1.88. The van der Waals surface area contributed by atoms with Crippen LogP contribution in [0.5, 0.6) is 0 Å². The maximum Gasteiger partial charge on any atom is 0.313 e. The molecule has 0 aliphatic heterocycles. The second kappa shape index (κ2) is 6.05. The minimum Gasteiger partial charge on any atom is -0.481 e. The Balaban J connectivity index is 2.41. The van der Waals surface area contributed by atoms with Crippen LogP contribution in [-0.4, -0.2) is 26.8 Å². The largest absolute Gasteiger partial charge is 0.481 e. The van der Waals surface area contributed by atoms with E-state index in [1.54, 1.807) is 0 Å². The molecule has 5 heteroatoms. The third-order valence-corrected chi connectivity index (χ3v) is 3.66. The van der Waals surface area contributed by atoms with Crippen molar-refractivity contribution >= 4 is 17.7 Å². The van der Waals surface area contributed by atoms with Crippen LogP contribution in [-0.2, 0) is 4.79 Å². The number of aryl methyl sites for hydroxylation is 3. The number of carboxylic acids is 1. The summed E-state index contributed by atoms with van der Waals surface area (Å²) in [5.74, 6) is -0.899. The summed E-state index contributed by atoms with van der Waals surface area (Å²) in [6.45, 7) is 5.97. The van der Waals surface area contributed by atoms with Crippen molar-refractivity contribution in [2.75, 3.05) is 5.75 Å². The van der Waals surface area contributed by atoms with E-state index < -0.39 is 5.97 Å². The van der Waals surface area contributed by atoms with Crippen molar-refractivity contribution < 1.29 is 9.90 Å². The molecule has 1 aromatic heterocycles. The number of carboxylic acid groups (broad SMARTS) is 1. The number of hydrogen-bond donors (Lipinski definition) is 1. The maximum absolute atomic E-state index is 10.6. The first-order valence-electron chi connectivity index (χ1n) is 6.23. The monoisotopic (exact) mass is 288 g/mol. The van der Waals surface area contributed by atoms with Gasteiger partial charge in [0.05, 0.1) is 11.4 Å². The normalized spacial score (nSPS) is 10.6. The molecule has 0 unspecified atom stereocenters. The van der Waals surface area contributed by atoms with Gasteiger partial charge in [-0.2, -0.15) is 0 Å². The van der Waals surface area contributed by atoms with Crippen LogP contribution < -0.4 is 0 Å². The van der Waals surface area contributed by atoms with E-state index in [9.17, 15) is 4.79 Å². The molecule has 0 amide bonds. The van der Waals surface area contributed by atoms with Crippen molar-refractivity contribution in [3.63, 3.8) is 0 Å². The lowest BCUT2D eigenvalue weighted by atomic mass is 10.0.